The molecule has 0 spiro atoms. The average Bonchev–Trinajstić information content (AvgIpc) is 2.35. The second kappa shape index (κ2) is 7.16. The van der Waals surface area contributed by atoms with Gasteiger partial charge in [0.05, 0.1) is 10.2 Å². The number of halogens is 3. The van der Waals surface area contributed by atoms with Gasteiger partial charge in [0.2, 0.25) is 5.91 Å². The Morgan fingerprint density at radius 2 is 1.65 bits per heavy atom. The van der Waals surface area contributed by atoms with E-state index in [1.165, 1.54) is 6.42 Å². The number of hydrogen-bond acceptors (Lipinski definition) is 1. The van der Waals surface area contributed by atoms with Gasteiger partial charge in [0.25, 0.3) is 0 Å². The van der Waals surface area contributed by atoms with Gasteiger partial charge in [-0.25, -0.2) is 8.78 Å². The van der Waals surface area contributed by atoms with E-state index in [0.717, 1.165) is 50.7 Å². The summed E-state index contributed by atoms with van der Waals surface area (Å²) in [7, 11) is 0. The van der Waals surface area contributed by atoms with Gasteiger partial charge in [-0.05, 0) is 34.8 Å². The highest BCUT2D eigenvalue weighted by molar-refractivity contribution is 9.10. The fourth-order valence-corrected chi connectivity index (χ4v) is 2.89. The summed E-state index contributed by atoms with van der Waals surface area (Å²) in [5.74, 6) is -1.51. The van der Waals surface area contributed by atoms with Crippen LogP contribution in [-0.2, 0) is 4.79 Å². The molecule has 1 aromatic carbocycles. The van der Waals surface area contributed by atoms with Crippen molar-refractivity contribution in [3.8, 4) is 0 Å². The molecule has 1 fully saturated rings. The second-order valence-electron chi connectivity index (χ2n) is 5.28. The van der Waals surface area contributed by atoms with E-state index < -0.39 is 11.6 Å². The first-order valence-corrected chi connectivity index (χ1v) is 7.82. The zero-order valence-corrected chi connectivity index (χ0v) is 12.8. The highest BCUT2D eigenvalue weighted by Crippen LogP contribution is 2.26. The minimum Gasteiger partial charge on any atom is -0.323 e. The third-order valence-corrected chi connectivity index (χ3v) is 4.35. The smallest absolute Gasteiger partial charge is 0.227 e. The van der Waals surface area contributed by atoms with Gasteiger partial charge in [-0.1, -0.05) is 32.1 Å². The Bertz CT molecular complexity index is 485. The molecule has 1 saturated carbocycles. The highest BCUT2D eigenvalue weighted by atomic mass is 79.9. The number of carbonyl (C=O) groups is 1. The van der Waals surface area contributed by atoms with E-state index >= 15 is 0 Å². The molecule has 0 saturated heterocycles. The molecule has 1 aliphatic carbocycles. The van der Waals surface area contributed by atoms with Gasteiger partial charge in [-0.2, -0.15) is 0 Å². The van der Waals surface area contributed by atoms with Gasteiger partial charge >= 0.3 is 0 Å². The topological polar surface area (TPSA) is 29.1 Å². The monoisotopic (exact) mass is 345 g/mol. The highest BCUT2D eigenvalue weighted by Gasteiger charge is 2.21. The van der Waals surface area contributed by atoms with Crippen LogP contribution in [0.3, 0.4) is 0 Å². The summed E-state index contributed by atoms with van der Waals surface area (Å²) in [6, 6.07) is 2.04. The molecule has 1 N–H and O–H groups in total. The predicted octanol–water partition coefficient (Wildman–Crippen LogP) is 5.03. The number of anilines is 1. The van der Waals surface area contributed by atoms with Crippen molar-refractivity contribution in [1.29, 1.82) is 0 Å². The molecular formula is C15H18BrF2NO. The first-order chi connectivity index (χ1) is 9.58. The van der Waals surface area contributed by atoms with E-state index in [1.54, 1.807) is 0 Å². The van der Waals surface area contributed by atoms with Crippen molar-refractivity contribution in [2.24, 2.45) is 5.92 Å². The van der Waals surface area contributed by atoms with Crippen LogP contribution < -0.4 is 5.32 Å². The Morgan fingerprint density at radius 1 is 1.05 bits per heavy atom. The van der Waals surface area contributed by atoms with E-state index in [-0.39, 0.29) is 22.0 Å². The van der Waals surface area contributed by atoms with Crippen molar-refractivity contribution in [3.05, 3.63) is 28.2 Å². The van der Waals surface area contributed by atoms with Crippen LogP contribution in [-0.4, -0.2) is 5.91 Å². The third-order valence-electron chi connectivity index (χ3n) is 3.74. The van der Waals surface area contributed by atoms with Crippen LogP contribution in [0.5, 0.6) is 0 Å². The molecule has 1 aliphatic rings. The molecular weight excluding hydrogens is 328 g/mol. The van der Waals surface area contributed by atoms with Crippen molar-refractivity contribution in [2.45, 2.75) is 44.9 Å². The van der Waals surface area contributed by atoms with Crippen molar-refractivity contribution in [2.75, 3.05) is 5.32 Å². The molecule has 0 heterocycles. The zero-order chi connectivity index (χ0) is 14.5. The Morgan fingerprint density at radius 3 is 2.30 bits per heavy atom. The summed E-state index contributed by atoms with van der Waals surface area (Å²) >= 11 is 2.91. The summed E-state index contributed by atoms with van der Waals surface area (Å²) in [4.78, 5) is 12.2. The molecule has 0 unspecified atom stereocenters. The number of benzene rings is 1. The van der Waals surface area contributed by atoms with Crippen molar-refractivity contribution in [3.63, 3.8) is 0 Å². The van der Waals surface area contributed by atoms with E-state index in [2.05, 4.69) is 21.2 Å². The van der Waals surface area contributed by atoms with Gasteiger partial charge in [-0.15, -0.1) is 0 Å². The SMILES string of the molecule is O=C(Nc1cc(F)c(Br)cc1F)C1CCCCCCC1. The number of rotatable bonds is 2. The first-order valence-electron chi connectivity index (χ1n) is 7.03. The minimum atomic E-state index is -0.627. The molecule has 1 aromatic rings. The molecule has 5 heteroatoms. The van der Waals surface area contributed by atoms with Gasteiger partial charge in [0, 0.05) is 12.0 Å². The summed E-state index contributed by atoms with van der Waals surface area (Å²) in [6.45, 7) is 0. The number of carbonyl (C=O) groups excluding carboxylic acids is 1. The predicted molar refractivity (Wildman–Crippen MR) is 78.5 cm³/mol. The lowest BCUT2D eigenvalue weighted by Gasteiger charge is -2.19. The fourth-order valence-electron chi connectivity index (χ4n) is 2.57. The fraction of sp³-hybridized carbons (Fsp3) is 0.533. The average molecular weight is 346 g/mol. The van der Waals surface area contributed by atoms with Crippen LogP contribution in [0.25, 0.3) is 0 Å². The van der Waals surface area contributed by atoms with Crippen LogP contribution in [0, 0.1) is 17.6 Å². The molecule has 1 amide bonds. The number of nitrogens with one attached hydrogen (secondary N) is 1. The third kappa shape index (κ3) is 4.01. The van der Waals surface area contributed by atoms with E-state index in [9.17, 15) is 13.6 Å². The molecule has 2 nitrogen and oxygen atoms in total. The van der Waals surface area contributed by atoms with Crippen LogP contribution in [0.15, 0.2) is 16.6 Å². The summed E-state index contributed by atoms with van der Waals surface area (Å²) < 4.78 is 27.2. The Balaban J connectivity index is 2.04. The molecule has 110 valence electrons. The van der Waals surface area contributed by atoms with Gasteiger partial charge in [-0.3, -0.25) is 4.79 Å². The maximum absolute atomic E-state index is 13.7. The maximum Gasteiger partial charge on any atom is 0.227 e. The van der Waals surface area contributed by atoms with Crippen LogP contribution in [0.4, 0.5) is 14.5 Å². The molecule has 2 rings (SSSR count). The lowest BCUT2D eigenvalue weighted by Crippen LogP contribution is -2.24. The summed E-state index contributed by atoms with van der Waals surface area (Å²) in [5, 5.41) is 2.52. The molecule has 0 radical (unpaired) electrons. The molecule has 20 heavy (non-hydrogen) atoms. The van der Waals surface area contributed by atoms with Crippen LogP contribution in [0.1, 0.15) is 44.9 Å². The standard InChI is InChI=1S/C15H18BrF2NO/c16-11-8-13(18)14(9-12(11)17)19-15(20)10-6-4-2-1-3-5-7-10/h8-10H,1-7H2,(H,19,20). The normalized spacial score (nSPS) is 17.4. The molecule has 0 aliphatic heterocycles. The second-order valence-corrected chi connectivity index (χ2v) is 6.13. The zero-order valence-electron chi connectivity index (χ0n) is 11.2. The summed E-state index contributed by atoms with van der Waals surface area (Å²) in [5.41, 5.74) is -0.0854. The van der Waals surface area contributed by atoms with Crippen molar-refractivity contribution >= 4 is 27.5 Å². The summed E-state index contributed by atoms with van der Waals surface area (Å²) in [6.07, 6.45) is 7.21. The van der Waals surface area contributed by atoms with Gasteiger partial charge < -0.3 is 5.32 Å². The first kappa shape index (κ1) is 15.4. The van der Waals surface area contributed by atoms with Crippen LogP contribution in [0.2, 0.25) is 0 Å². The Hall–Kier alpha value is -0.970. The van der Waals surface area contributed by atoms with Crippen LogP contribution >= 0.6 is 15.9 Å². The largest absolute Gasteiger partial charge is 0.323 e. The number of hydrogen-bond donors (Lipinski definition) is 1. The van der Waals surface area contributed by atoms with E-state index in [4.69, 9.17) is 0 Å². The number of amides is 1. The van der Waals surface area contributed by atoms with Crippen molar-refractivity contribution in [1.82, 2.24) is 0 Å². The van der Waals surface area contributed by atoms with Gasteiger partial charge in [0.15, 0.2) is 0 Å². The quantitative estimate of drug-likeness (QED) is 0.748. The lowest BCUT2D eigenvalue weighted by atomic mass is 9.90. The minimum absolute atomic E-state index is 0.0546. The van der Waals surface area contributed by atoms with E-state index in [1.807, 2.05) is 0 Å². The Labute approximate surface area is 126 Å². The van der Waals surface area contributed by atoms with Gasteiger partial charge in [0.1, 0.15) is 11.6 Å². The maximum atomic E-state index is 13.7. The van der Waals surface area contributed by atoms with E-state index in [0.29, 0.717) is 0 Å². The molecule has 0 atom stereocenters. The van der Waals surface area contributed by atoms with Crippen molar-refractivity contribution < 1.29 is 13.6 Å². The Kier molecular flexibility index (Phi) is 5.52. The molecule has 0 aromatic heterocycles. The lowest BCUT2D eigenvalue weighted by molar-refractivity contribution is -0.120. The molecule has 0 bridgehead atoms.